The van der Waals surface area contributed by atoms with Gasteiger partial charge in [0.25, 0.3) is 0 Å². The SMILES string of the molecule is COC(=O)CCCCCNC(=O)C1CC2CC2C1. The molecule has 4 nitrogen and oxygen atoms in total. The summed E-state index contributed by atoms with van der Waals surface area (Å²) in [7, 11) is 1.41. The molecule has 2 atom stereocenters. The van der Waals surface area contributed by atoms with Crippen LogP contribution in [0.25, 0.3) is 0 Å². The molecule has 0 aromatic carbocycles. The fourth-order valence-corrected chi connectivity index (χ4v) is 2.96. The van der Waals surface area contributed by atoms with Crippen molar-refractivity contribution in [2.45, 2.75) is 44.9 Å². The van der Waals surface area contributed by atoms with Crippen molar-refractivity contribution in [3.8, 4) is 0 Å². The van der Waals surface area contributed by atoms with E-state index in [4.69, 9.17) is 0 Å². The van der Waals surface area contributed by atoms with E-state index in [2.05, 4.69) is 10.1 Å². The lowest BCUT2D eigenvalue weighted by Gasteiger charge is -2.11. The smallest absolute Gasteiger partial charge is 0.305 e. The van der Waals surface area contributed by atoms with Gasteiger partial charge in [-0.1, -0.05) is 6.42 Å². The van der Waals surface area contributed by atoms with E-state index in [1.54, 1.807) is 0 Å². The zero-order valence-corrected chi connectivity index (χ0v) is 11.1. The number of amides is 1. The second-order valence-electron chi connectivity index (χ2n) is 5.60. The molecule has 2 aliphatic rings. The van der Waals surface area contributed by atoms with Gasteiger partial charge in [0.1, 0.15) is 0 Å². The summed E-state index contributed by atoms with van der Waals surface area (Å²) in [5.74, 6) is 2.10. The Hall–Kier alpha value is -1.06. The highest BCUT2D eigenvalue weighted by Crippen LogP contribution is 2.54. The lowest BCUT2D eigenvalue weighted by atomic mass is 10.0. The highest BCUT2D eigenvalue weighted by atomic mass is 16.5. The lowest BCUT2D eigenvalue weighted by Crippen LogP contribution is -2.30. The first kappa shape index (κ1) is 13.4. The highest BCUT2D eigenvalue weighted by Gasteiger charge is 2.47. The van der Waals surface area contributed by atoms with E-state index in [0.29, 0.717) is 6.42 Å². The van der Waals surface area contributed by atoms with Crippen LogP contribution in [0, 0.1) is 17.8 Å². The average Bonchev–Trinajstić information content (AvgIpc) is 2.99. The summed E-state index contributed by atoms with van der Waals surface area (Å²) in [4.78, 5) is 22.7. The van der Waals surface area contributed by atoms with Crippen LogP contribution < -0.4 is 5.32 Å². The number of ether oxygens (including phenoxy) is 1. The first-order chi connectivity index (χ1) is 8.70. The first-order valence-electron chi connectivity index (χ1n) is 7.05. The third-order valence-electron chi connectivity index (χ3n) is 4.20. The number of rotatable bonds is 7. The minimum Gasteiger partial charge on any atom is -0.469 e. The molecular weight excluding hydrogens is 230 g/mol. The highest BCUT2D eigenvalue weighted by molar-refractivity contribution is 5.79. The van der Waals surface area contributed by atoms with Crippen LogP contribution in [-0.2, 0) is 14.3 Å². The molecule has 0 heterocycles. The van der Waals surface area contributed by atoms with E-state index >= 15 is 0 Å². The number of methoxy groups -OCH3 is 1. The lowest BCUT2D eigenvalue weighted by molar-refractivity contribution is -0.140. The van der Waals surface area contributed by atoms with Crippen LogP contribution in [0.2, 0.25) is 0 Å². The fraction of sp³-hybridized carbons (Fsp3) is 0.857. The van der Waals surface area contributed by atoms with Crippen molar-refractivity contribution in [2.75, 3.05) is 13.7 Å². The van der Waals surface area contributed by atoms with Crippen LogP contribution in [0.1, 0.15) is 44.9 Å². The van der Waals surface area contributed by atoms with Crippen molar-refractivity contribution in [1.82, 2.24) is 5.32 Å². The zero-order valence-electron chi connectivity index (χ0n) is 11.1. The standard InChI is InChI=1S/C14H23NO3/c1-18-13(16)5-3-2-4-6-15-14(17)12-8-10-7-11(10)9-12/h10-12H,2-9H2,1H3,(H,15,17). The van der Waals surface area contributed by atoms with E-state index in [1.165, 1.54) is 13.5 Å². The molecule has 0 radical (unpaired) electrons. The number of fused-ring (bicyclic) bond motifs is 1. The average molecular weight is 253 g/mol. The van der Waals surface area contributed by atoms with Gasteiger partial charge >= 0.3 is 5.97 Å². The van der Waals surface area contributed by atoms with Crippen LogP contribution in [0.5, 0.6) is 0 Å². The second-order valence-corrected chi connectivity index (χ2v) is 5.60. The van der Waals surface area contributed by atoms with E-state index in [0.717, 1.165) is 50.5 Å². The number of carbonyl (C=O) groups is 2. The molecule has 0 saturated heterocycles. The van der Waals surface area contributed by atoms with Crippen molar-refractivity contribution in [2.24, 2.45) is 17.8 Å². The van der Waals surface area contributed by atoms with Crippen molar-refractivity contribution >= 4 is 11.9 Å². The summed E-state index contributed by atoms with van der Waals surface area (Å²) >= 11 is 0. The molecular formula is C14H23NO3. The summed E-state index contributed by atoms with van der Waals surface area (Å²) < 4.78 is 4.57. The quantitative estimate of drug-likeness (QED) is 0.557. The Morgan fingerprint density at radius 1 is 1.11 bits per heavy atom. The van der Waals surface area contributed by atoms with E-state index < -0.39 is 0 Å². The molecule has 102 valence electrons. The van der Waals surface area contributed by atoms with Crippen LogP contribution >= 0.6 is 0 Å². The minimum absolute atomic E-state index is 0.149. The molecule has 2 fully saturated rings. The van der Waals surface area contributed by atoms with Gasteiger partial charge in [0.05, 0.1) is 7.11 Å². The summed E-state index contributed by atoms with van der Waals surface area (Å²) in [6.45, 7) is 0.742. The molecule has 2 unspecified atom stereocenters. The van der Waals surface area contributed by atoms with E-state index in [1.807, 2.05) is 0 Å². The Bertz CT molecular complexity index is 306. The Morgan fingerprint density at radius 2 is 1.83 bits per heavy atom. The van der Waals surface area contributed by atoms with E-state index in [9.17, 15) is 9.59 Å². The maximum atomic E-state index is 11.8. The third kappa shape index (κ3) is 3.72. The molecule has 0 spiro atoms. The van der Waals surface area contributed by atoms with Gasteiger partial charge in [-0.2, -0.15) is 0 Å². The van der Waals surface area contributed by atoms with E-state index in [-0.39, 0.29) is 17.8 Å². The Morgan fingerprint density at radius 3 is 2.50 bits per heavy atom. The van der Waals surface area contributed by atoms with Gasteiger partial charge < -0.3 is 10.1 Å². The Balaban J connectivity index is 1.45. The fourth-order valence-electron chi connectivity index (χ4n) is 2.96. The van der Waals surface area contributed by atoms with Crippen molar-refractivity contribution < 1.29 is 14.3 Å². The second kappa shape index (κ2) is 6.21. The molecule has 1 N–H and O–H groups in total. The van der Waals surface area contributed by atoms with Crippen LogP contribution in [0.15, 0.2) is 0 Å². The van der Waals surface area contributed by atoms with Gasteiger partial charge in [0.15, 0.2) is 0 Å². The number of unbranched alkanes of at least 4 members (excludes halogenated alkanes) is 2. The molecule has 0 aromatic rings. The maximum Gasteiger partial charge on any atom is 0.305 e. The van der Waals surface area contributed by atoms with Gasteiger partial charge in [0, 0.05) is 18.9 Å². The van der Waals surface area contributed by atoms with Gasteiger partial charge in [0.2, 0.25) is 5.91 Å². The van der Waals surface area contributed by atoms with Crippen molar-refractivity contribution in [1.29, 1.82) is 0 Å². The number of carbonyl (C=O) groups excluding carboxylic acids is 2. The monoisotopic (exact) mass is 253 g/mol. The predicted molar refractivity (Wildman–Crippen MR) is 67.8 cm³/mol. The Labute approximate surface area is 108 Å². The van der Waals surface area contributed by atoms with Crippen LogP contribution in [0.3, 0.4) is 0 Å². The first-order valence-corrected chi connectivity index (χ1v) is 7.05. The number of hydrogen-bond acceptors (Lipinski definition) is 3. The topological polar surface area (TPSA) is 55.4 Å². The summed E-state index contributed by atoms with van der Waals surface area (Å²) in [5, 5.41) is 3.01. The summed E-state index contributed by atoms with van der Waals surface area (Å²) in [6.07, 6.45) is 6.81. The minimum atomic E-state index is -0.149. The number of nitrogens with one attached hydrogen (secondary N) is 1. The largest absolute Gasteiger partial charge is 0.469 e. The van der Waals surface area contributed by atoms with Gasteiger partial charge in [-0.3, -0.25) is 9.59 Å². The zero-order chi connectivity index (χ0) is 13.0. The summed E-state index contributed by atoms with van der Waals surface area (Å²) in [5.41, 5.74) is 0. The van der Waals surface area contributed by atoms with Crippen LogP contribution in [0.4, 0.5) is 0 Å². The van der Waals surface area contributed by atoms with Crippen LogP contribution in [-0.4, -0.2) is 25.5 Å². The van der Waals surface area contributed by atoms with Crippen molar-refractivity contribution in [3.05, 3.63) is 0 Å². The Kier molecular flexibility index (Phi) is 4.61. The molecule has 18 heavy (non-hydrogen) atoms. The molecule has 4 heteroatoms. The number of esters is 1. The predicted octanol–water partition coefficient (Wildman–Crippen LogP) is 1.88. The summed E-state index contributed by atoms with van der Waals surface area (Å²) in [6, 6.07) is 0. The number of hydrogen-bond donors (Lipinski definition) is 1. The normalized spacial score (nSPS) is 28.6. The van der Waals surface area contributed by atoms with Crippen molar-refractivity contribution in [3.63, 3.8) is 0 Å². The molecule has 0 aliphatic heterocycles. The molecule has 2 rings (SSSR count). The molecule has 1 amide bonds. The van der Waals surface area contributed by atoms with Gasteiger partial charge in [-0.05, 0) is 43.9 Å². The maximum absolute atomic E-state index is 11.8. The van der Waals surface area contributed by atoms with Gasteiger partial charge in [-0.25, -0.2) is 0 Å². The van der Waals surface area contributed by atoms with Gasteiger partial charge in [-0.15, -0.1) is 0 Å². The third-order valence-corrected chi connectivity index (χ3v) is 4.20. The molecule has 2 saturated carbocycles. The molecule has 2 aliphatic carbocycles. The molecule has 0 aromatic heterocycles. The molecule has 0 bridgehead atoms.